The minimum Gasteiger partial charge on any atom is -0.307 e. The molecule has 0 radical (unpaired) electrons. The minimum atomic E-state index is -0.748. The lowest BCUT2D eigenvalue weighted by Gasteiger charge is -2.32. The summed E-state index contributed by atoms with van der Waals surface area (Å²) in [7, 11) is 1.97. The quantitative estimate of drug-likeness (QED) is 0.839. The molecule has 1 fully saturated rings. The van der Waals surface area contributed by atoms with Crippen molar-refractivity contribution >= 4 is 0 Å². The van der Waals surface area contributed by atoms with E-state index in [-0.39, 0.29) is 6.04 Å². The van der Waals surface area contributed by atoms with Crippen LogP contribution in [0.4, 0.5) is 4.39 Å². The van der Waals surface area contributed by atoms with E-state index in [1.54, 1.807) is 0 Å². The number of benzene rings is 1. The van der Waals surface area contributed by atoms with E-state index in [1.165, 1.54) is 5.56 Å². The molecule has 0 amide bonds. The zero-order chi connectivity index (χ0) is 11.4. The van der Waals surface area contributed by atoms with E-state index in [0.717, 1.165) is 19.5 Å². The maximum atomic E-state index is 13.7. The Labute approximate surface area is 96.5 Å². The van der Waals surface area contributed by atoms with Crippen molar-refractivity contribution in [1.29, 1.82) is 0 Å². The standard InChI is InChI=1S/C13H19FN2/c1-16-8-7-13(12(14)10-16)15-9-11-5-3-2-4-6-11/h2-6,12-13,15H,7-10H2,1H3/t12-,13+/m1/s1. The number of hydrogen-bond acceptors (Lipinski definition) is 2. The molecule has 2 rings (SSSR count). The van der Waals surface area contributed by atoms with Gasteiger partial charge in [0.05, 0.1) is 0 Å². The predicted octanol–water partition coefficient (Wildman–Crippen LogP) is 1.82. The number of nitrogens with zero attached hydrogens (tertiary/aromatic N) is 1. The summed E-state index contributed by atoms with van der Waals surface area (Å²) in [5.41, 5.74) is 1.22. The van der Waals surface area contributed by atoms with Gasteiger partial charge < -0.3 is 10.2 Å². The molecular weight excluding hydrogens is 203 g/mol. The zero-order valence-electron chi connectivity index (χ0n) is 9.70. The molecule has 0 aromatic heterocycles. The van der Waals surface area contributed by atoms with Crippen molar-refractivity contribution in [2.24, 2.45) is 0 Å². The zero-order valence-corrected chi connectivity index (χ0v) is 9.70. The summed E-state index contributed by atoms with van der Waals surface area (Å²) in [4.78, 5) is 2.05. The van der Waals surface area contributed by atoms with Crippen molar-refractivity contribution in [3.8, 4) is 0 Å². The average molecular weight is 222 g/mol. The van der Waals surface area contributed by atoms with Gasteiger partial charge in [-0.3, -0.25) is 0 Å². The van der Waals surface area contributed by atoms with Crippen LogP contribution in [0.5, 0.6) is 0 Å². The highest BCUT2D eigenvalue weighted by molar-refractivity contribution is 5.14. The van der Waals surface area contributed by atoms with Crippen LogP contribution in [0.15, 0.2) is 30.3 Å². The Bertz CT molecular complexity index is 315. The highest BCUT2D eigenvalue weighted by atomic mass is 19.1. The molecule has 3 heteroatoms. The van der Waals surface area contributed by atoms with Crippen molar-refractivity contribution in [3.63, 3.8) is 0 Å². The first-order chi connectivity index (χ1) is 7.75. The summed E-state index contributed by atoms with van der Waals surface area (Å²) in [5.74, 6) is 0. The fraction of sp³-hybridized carbons (Fsp3) is 0.538. The first kappa shape index (κ1) is 11.6. The van der Waals surface area contributed by atoms with Gasteiger partial charge in [-0.15, -0.1) is 0 Å². The van der Waals surface area contributed by atoms with Gasteiger partial charge in [0, 0.05) is 19.1 Å². The molecule has 1 aliphatic heterocycles. The third-order valence-electron chi connectivity index (χ3n) is 3.16. The maximum Gasteiger partial charge on any atom is 0.128 e. The molecule has 1 aliphatic rings. The van der Waals surface area contributed by atoms with Crippen molar-refractivity contribution in [3.05, 3.63) is 35.9 Å². The Balaban J connectivity index is 1.82. The Morgan fingerprint density at radius 3 is 2.81 bits per heavy atom. The Kier molecular flexibility index (Phi) is 3.91. The van der Waals surface area contributed by atoms with Gasteiger partial charge in [-0.25, -0.2) is 4.39 Å². The monoisotopic (exact) mass is 222 g/mol. The molecule has 1 N–H and O–H groups in total. The first-order valence-corrected chi connectivity index (χ1v) is 5.85. The summed E-state index contributed by atoms with van der Waals surface area (Å²) < 4.78 is 13.7. The third kappa shape index (κ3) is 3.03. The second-order valence-corrected chi connectivity index (χ2v) is 4.54. The number of likely N-dealkylation sites (tertiary alicyclic amines) is 1. The molecule has 1 saturated heterocycles. The smallest absolute Gasteiger partial charge is 0.128 e. The molecule has 0 aliphatic carbocycles. The molecule has 88 valence electrons. The second-order valence-electron chi connectivity index (χ2n) is 4.54. The van der Waals surface area contributed by atoms with Crippen LogP contribution in [0.2, 0.25) is 0 Å². The molecule has 0 unspecified atom stereocenters. The van der Waals surface area contributed by atoms with Gasteiger partial charge in [0.2, 0.25) is 0 Å². The van der Waals surface area contributed by atoms with E-state index in [1.807, 2.05) is 30.1 Å². The molecular formula is C13H19FN2. The molecule has 0 bridgehead atoms. The summed E-state index contributed by atoms with van der Waals surface area (Å²) in [6, 6.07) is 10.2. The van der Waals surface area contributed by atoms with Crippen LogP contribution in [0.3, 0.4) is 0 Å². The number of hydrogen-bond donors (Lipinski definition) is 1. The number of nitrogens with one attached hydrogen (secondary N) is 1. The van der Waals surface area contributed by atoms with Crippen LogP contribution in [0, 0.1) is 0 Å². The minimum absolute atomic E-state index is 0.0106. The normalized spacial score (nSPS) is 26.9. The highest BCUT2D eigenvalue weighted by Crippen LogP contribution is 2.13. The molecule has 2 nitrogen and oxygen atoms in total. The Morgan fingerprint density at radius 1 is 1.38 bits per heavy atom. The van der Waals surface area contributed by atoms with Crippen LogP contribution < -0.4 is 5.32 Å². The lowest BCUT2D eigenvalue weighted by molar-refractivity contribution is 0.122. The maximum absolute atomic E-state index is 13.7. The Hall–Kier alpha value is -0.930. The van der Waals surface area contributed by atoms with Crippen LogP contribution in [-0.4, -0.2) is 37.3 Å². The first-order valence-electron chi connectivity index (χ1n) is 5.85. The number of piperidine rings is 1. The average Bonchev–Trinajstić information content (AvgIpc) is 2.29. The van der Waals surface area contributed by atoms with Gasteiger partial charge in [0.1, 0.15) is 6.17 Å². The van der Waals surface area contributed by atoms with E-state index in [9.17, 15) is 4.39 Å². The van der Waals surface area contributed by atoms with Crippen molar-refractivity contribution in [1.82, 2.24) is 10.2 Å². The number of alkyl halides is 1. The van der Waals surface area contributed by atoms with Crippen LogP contribution >= 0.6 is 0 Å². The molecule has 1 heterocycles. The number of rotatable bonds is 3. The summed E-state index contributed by atoms with van der Waals surface area (Å²) in [6.45, 7) is 2.29. The third-order valence-corrected chi connectivity index (χ3v) is 3.16. The van der Waals surface area contributed by atoms with Gasteiger partial charge >= 0.3 is 0 Å². The van der Waals surface area contributed by atoms with E-state index >= 15 is 0 Å². The molecule has 16 heavy (non-hydrogen) atoms. The largest absolute Gasteiger partial charge is 0.307 e. The highest BCUT2D eigenvalue weighted by Gasteiger charge is 2.26. The van der Waals surface area contributed by atoms with Gasteiger partial charge in [-0.05, 0) is 25.6 Å². The van der Waals surface area contributed by atoms with Crippen molar-refractivity contribution in [2.45, 2.75) is 25.2 Å². The van der Waals surface area contributed by atoms with E-state index < -0.39 is 6.17 Å². The SMILES string of the molecule is CN1CC[C@H](NCc2ccccc2)[C@H](F)C1. The topological polar surface area (TPSA) is 15.3 Å². The lowest BCUT2D eigenvalue weighted by atomic mass is 10.0. The summed E-state index contributed by atoms with van der Waals surface area (Å²) >= 11 is 0. The fourth-order valence-corrected chi connectivity index (χ4v) is 2.13. The van der Waals surface area contributed by atoms with E-state index in [2.05, 4.69) is 17.4 Å². The van der Waals surface area contributed by atoms with E-state index in [4.69, 9.17) is 0 Å². The van der Waals surface area contributed by atoms with Crippen LogP contribution in [0.25, 0.3) is 0 Å². The molecule has 1 aromatic carbocycles. The van der Waals surface area contributed by atoms with Crippen molar-refractivity contribution in [2.75, 3.05) is 20.1 Å². The second kappa shape index (κ2) is 5.41. The van der Waals surface area contributed by atoms with Gasteiger partial charge in [0.15, 0.2) is 0 Å². The molecule has 0 spiro atoms. The van der Waals surface area contributed by atoms with Gasteiger partial charge in [-0.2, -0.15) is 0 Å². The van der Waals surface area contributed by atoms with Crippen LogP contribution in [-0.2, 0) is 6.54 Å². The summed E-state index contributed by atoms with van der Waals surface area (Å²) in [6.07, 6.45) is 0.146. The molecule has 2 atom stereocenters. The molecule has 0 saturated carbocycles. The Morgan fingerprint density at radius 2 is 2.12 bits per heavy atom. The molecule has 1 aromatic rings. The summed E-state index contributed by atoms with van der Waals surface area (Å²) in [5, 5.41) is 3.31. The van der Waals surface area contributed by atoms with Crippen LogP contribution in [0.1, 0.15) is 12.0 Å². The predicted molar refractivity (Wildman–Crippen MR) is 64.1 cm³/mol. The number of halogens is 1. The van der Waals surface area contributed by atoms with Gasteiger partial charge in [-0.1, -0.05) is 30.3 Å². The lowest BCUT2D eigenvalue weighted by Crippen LogP contribution is -2.49. The fourth-order valence-electron chi connectivity index (χ4n) is 2.13. The van der Waals surface area contributed by atoms with E-state index in [0.29, 0.717) is 6.54 Å². The van der Waals surface area contributed by atoms with Crippen molar-refractivity contribution < 1.29 is 4.39 Å². The van der Waals surface area contributed by atoms with Gasteiger partial charge in [0.25, 0.3) is 0 Å².